The summed E-state index contributed by atoms with van der Waals surface area (Å²) in [6, 6.07) is 8.40. The van der Waals surface area contributed by atoms with Gasteiger partial charge in [0.25, 0.3) is 0 Å². The van der Waals surface area contributed by atoms with Crippen molar-refractivity contribution in [1.29, 1.82) is 5.26 Å². The zero-order valence-electron chi connectivity index (χ0n) is 11.9. The van der Waals surface area contributed by atoms with Crippen molar-refractivity contribution in [2.45, 2.75) is 45.7 Å². The number of nitrogens with zero attached hydrogens (tertiary/aromatic N) is 1. The van der Waals surface area contributed by atoms with Crippen molar-refractivity contribution in [3.63, 3.8) is 0 Å². The first-order valence-corrected chi connectivity index (χ1v) is 6.22. The first-order chi connectivity index (χ1) is 8.39. The molecule has 0 amide bonds. The molecule has 0 spiro atoms. The van der Waals surface area contributed by atoms with Crippen LogP contribution in [-0.2, 0) is 6.54 Å². The van der Waals surface area contributed by atoms with Crippen LogP contribution in [0.3, 0.4) is 0 Å². The molecule has 0 bridgehead atoms. The second-order valence-electron chi connectivity index (χ2n) is 5.32. The number of hydrogen-bond donors (Lipinski definition) is 1. The lowest BCUT2D eigenvalue weighted by Gasteiger charge is -2.19. The fourth-order valence-electron chi connectivity index (χ4n) is 1.71. The monoisotopic (exact) mass is 246 g/mol. The van der Waals surface area contributed by atoms with Crippen molar-refractivity contribution >= 4 is 0 Å². The molecule has 0 saturated carbocycles. The summed E-state index contributed by atoms with van der Waals surface area (Å²) in [5, 5.41) is 12.2. The molecule has 0 radical (unpaired) electrons. The molecule has 98 valence electrons. The van der Waals surface area contributed by atoms with E-state index in [4.69, 9.17) is 10.00 Å². The number of nitrogens with one attached hydrogen (secondary N) is 1. The Labute approximate surface area is 110 Å². The van der Waals surface area contributed by atoms with E-state index >= 15 is 0 Å². The maximum atomic E-state index is 8.96. The van der Waals surface area contributed by atoms with E-state index in [0.717, 1.165) is 5.75 Å². The van der Waals surface area contributed by atoms with Crippen LogP contribution < -0.4 is 10.1 Å². The van der Waals surface area contributed by atoms with Crippen molar-refractivity contribution in [3.8, 4) is 11.8 Å². The van der Waals surface area contributed by atoms with Gasteiger partial charge in [0.2, 0.25) is 0 Å². The van der Waals surface area contributed by atoms with Crippen molar-refractivity contribution in [2.75, 3.05) is 7.11 Å². The van der Waals surface area contributed by atoms with Crippen LogP contribution in [0, 0.1) is 11.3 Å². The van der Waals surface area contributed by atoms with Crippen LogP contribution in [-0.4, -0.2) is 12.6 Å². The van der Waals surface area contributed by atoms with Crippen molar-refractivity contribution < 1.29 is 4.74 Å². The average Bonchev–Trinajstić information content (AvgIpc) is 2.36. The van der Waals surface area contributed by atoms with Gasteiger partial charge in [-0.15, -0.1) is 0 Å². The van der Waals surface area contributed by atoms with Gasteiger partial charge < -0.3 is 4.74 Å². The topological polar surface area (TPSA) is 45.0 Å². The minimum atomic E-state index is -0.502. The Morgan fingerprint density at radius 1 is 1.39 bits per heavy atom. The third-order valence-electron chi connectivity index (χ3n) is 2.93. The van der Waals surface area contributed by atoms with Crippen LogP contribution in [0.2, 0.25) is 0 Å². The number of hydrogen-bond acceptors (Lipinski definition) is 3. The number of rotatable bonds is 5. The summed E-state index contributed by atoms with van der Waals surface area (Å²) in [4.78, 5) is 0. The molecule has 0 unspecified atom stereocenters. The van der Waals surface area contributed by atoms with E-state index in [1.165, 1.54) is 11.1 Å². The quantitative estimate of drug-likeness (QED) is 0.867. The zero-order chi connectivity index (χ0) is 13.8. The van der Waals surface area contributed by atoms with E-state index in [0.29, 0.717) is 12.5 Å². The fourth-order valence-corrected chi connectivity index (χ4v) is 1.71. The average molecular weight is 246 g/mol. The third kappa shape index (κ3) is 3.75. The molecule has 3 heteroatoms. The molecule has 0 heterocycles. The minimum Gasteiger partial charge on any atom is -0.496 e. The summed E-state index contributed by atoms with van der Waals surface area (Å²) in [5.74, 6) is 1.34. The van der Waals surface area contributed by atoms with Gasteiger partial charge in [-0.05, 0) is 37.0 Å². The Bertz CT molecular complexity index is 444. The van der Waals surface area contributed by atoms with Crippen molar-refractivity contribution in [3.05, 3.63) is 29.3 Å². The van der Waals surface area contributed by atoms with E-state index in [9.17, 15) is 0 Å². The van der Waals surface area contributed by atoms with E-state index < -0.39 is 5.54 Å². The van der Waals surface area contributed by atoms with Gasteiger partial charge in [-0.2, -0.15) is 5.26 Å². The lowest BCUT2D eigenvalue weighted by Crippen LogP contribution is -2.36. The van der Waals surface area contributed by atoms with Crippen LogP contribution in [0.1, 0.15) is 44.7 Å². The molecule has 1 N–H and O–H groups in total. The first-order valence-electron chi connectivity index (χ1n) is 6.22. The molecular formula is C15H22N2O. The van der Waals surface area contributed by atoms with Crippen LogP contribution >= 0.6 is 0 Å². The predicted octanol–water partition coefficient (Wildman–Crippen LogP) is 3.21. The molecule has 0 atom stereocenters. The third-order valence-corrected chi connectivity index (χ3v) is 2.93. The Morgan fingerprint density at radius 3 is 2.56 bits per heavy atom. The van der Waals surface area contributed by atoms with Gasteiger partial charge >= 0.3 is 0 Å². The minimum absolute atomic E-state index is 0.420. The standard InChI is InChI=1S/C15H22N2O/c1-11(2)13-8-12(6-7-14(13)18-5)9-17-15(3,4)10-16/h6-8,11,17H,9H2,1-5H3. The Hall–Kier alpha value is -1.53. The first kappa shape index (κ1) is 14.5. The smallest absolute Gasteiger partial charge is 0.122 e. The summed E-state index contributed by atoms with van der Waals surface area (Å²) in [7, 11) is 1.69. The van der Waals surface area contributed by atoms with Gasteiger partial charge in [0.05, 0.1) is 13.2 Å². The second-order valence-corrected chi connectivity index (χ2v) is 5.32. The molecule has 0 fully saturated rings. The summed E-state index contributed by atoms with van der Waals surface area (Å²) >= 11 is 0. The maximum Gasteiger partial charge on any atom is 0.122 e. The summed E-state index contributed by atoms with van der Waals surface area (Å²) in [5.41, 5.74) is 1.87. The van der Waals surface area contributed by atoms with Crippen LogP contribution in [0.4, 0.5) is 0 Å². The molecular weight excluding hydrogens is 224 g/mol. The van der Waals surface area contributed by atoms with Gasteiger partial charge in [0.15, 0.2) is 0 Å². The molecule has 1 rings (SSSR count). The highest BCUT2D eigenvalue weighted by Gasteiger charge is 2.15. The number of benzene rings is 1. The molecule has 0 aliphatic heterocycles. The molecule has 18 heavy (non-hydrogen) atoms. The Balaban J connectivity index is 2.86. The van der Waals surface area contributed by atoms with Crippen LogP contribution in [0.15, 0.2) is 18.2 Å². The summed E-state index contributed by atoms with van der Waals surface area (Å²) in [6.45, 7) is 8.73. The fraction of sp³-hybridized carbons (Fsp3) is 0.533. The van der Waals surface area contributed by atoms with E-state index in [1.807, 2.05) is 26.0 Å². The highest BCUT2D eigenvalue weighted by atomic mass is 16.5. The second kappa shape index (κ2) is 5.88. The predicted molar refractivity (Wildman–Crippen MR) is 73.6 cm³/mol. The Morgan fingerprint density at radius 2 is 2.06 bits per heavy atom. The highest BCUT2D eigenvalue weighted by molar-refractivity contribution is 5.39. The largest absolute Gasteiger partial charge is 0.496 e. The Kier molecular flexibility index (Phi) is 4.75. The summed E-state index contributed by atoms with van der Waals surface area (Å²) < 4.78 is 5.36. The zero-order valence-corrected chi connectivity index (χ0v) is 11.9. The molecule has 0 aromatic heterocycles. The molecule has 0 aliphatic rings. The molecule has 0 aliphatic carbocycles. The van der Waals surface area contributed by atoms with Crippen LogP contribution in [0.5, 0.6) is 5.75 Å². The van der Waals surface area contributed by atoms with Crippen molar-refractivity contribution in [1.82, 2.24) is 5.32 Å². The number of nitriles is 1. The molecule has 3 nitrogen and oxygen atoms in total. The van der Waals surface area contributed by atoms with E-state index in [1.54, 1.807) is 7.11 Å². The lowest BCUT2D eigenvalue weighted by molar-refractivity contribution is 0.407. The van der Waals surface area contributed by atoms with E-state index in [2.05, 4.69) is 31.3 Å². The van der Waals surface area contributed by atoms with Crippen LogP contribution in [0.25, 0.3) is 0 Å². The summed E-state index contributed by atoms with van der Waals surface area (Å²) in [6.07, 6.45) is 0. The van der Waals surface area contributed by atoms with Gasteiger partial charge in [-0.1, -0.05) is 26.0 Å². The normalized spacial score (nSPS) is 11.4. The van der Waals surface area contributed by atoms with Gasteiger partial charge in [0.1, 0.15) is 11.3 Å². The van der Waals surface area contributed by atoms with Gasteiger partial charge in [-0.25, -0.2) is 0 Å². The van der Waals surface area contributed by atoms with Gasteiger partial charge in [0, 0.05) is 6.54 Å². The van der Waals surface area contributed by atoms with Crippen molar-refractivity contribution in [2.24, 2.45) is 0 Å². The molecule has 1 aromatic carbocycles. The SMILES string of the molecule is COc1ccc(CNC(C)(C)C#N)cc1C(C)C. The number of ether oxygens (including phenoxy) is 1. The lowest BCUT2D eigenvalue weighted by atomic mass is 9.99. The van der Waals surface area contributed by atoms with E-state index in [-0.39, 0.29) is 0 Å². The highest BCUT2D eigenvalue weighted by Crippen LogP contribution is 2.27. The molecule has 1 aromatic rings. The maximum absolute atomic E-state index is 8.96. The number of methoxy groups -OCH3 is 1. The van der Waals surface area contributed by atoms with Gasteiger partial charge in [-0.3, -0.25) is 5.32 Å². The molecule has 0 saturated heterocycles.